The molecule has 0 spiro atoms. The van der Waals surface area contributed by atoms with E-state index < -0.39 is 17.8 Å². The summed E-state index contributed by atoms with van der Waals surface area (Å²) in [6, 6.07) is 17.9. The molecule has 1 atom stereocenters. The zero-order chi connectivity index (χ0) is 28.0. The van der Waals surface area contributed by atoms with E-state index in [1.807, 2.05) is 19.9 Å². The van der Waals surface area contributed by atoms with Gasteiger partial charge in [0.25, 0.3) is 0 Å². The second kappa shape index (κ2) is 15.7. The average Bonchev–Trinajstić information content (AvgIpc) is 2.96. The Labute approximate surface area is 231 Å². The van der Waals surface area contributed by atoms with Crippen LogP contribution in [0.4, 0.5) is 4.39 Å². The lowest BCUT2D eigenvalue weighted by Crippen LogP contribution is -2.12. The van der Waals surface area contributed by atoms with E-state index in [2.05, 4.69) is 6.92 Å². The van der Waals surface area contributed by atoms with Crippen LogP contribution in [-0.4, -0.2) is 25.2 Å². The summed E-state index contributed by atoms with van der Waals surface area (Å²) >= 11 is 0. The summed E-state index contributed by atoms with van der Waals surface area (Å²) in [6.45, 7) is 7.12. The maximum atomic E-state index is 14.6. The predicted octanol–water partition coefficient (Wildman–Crippen LogP) is 8.65. The number of hydrogen-bond acceptors (Lipinski definition) is 5. The number of hydrogen-bond donors (Lipinski definition) is 0. The lowest BCUT2D eigenvalue weighted by molar-refractivity contribution is 0.0447. The molecule has 0 saturated heterocycles. The summed E-state index contributed by atoms with van der Waals surface area (Å²) < 4.78 is 31.0. The molecule has 0 aromatic heterocycles. The molecule has 208 valence electrons. The highest BCUT2D eigenvalue weighted by Gasteiger charge is 2.13. The summed E-state index contributed by atoms with van der Waals surface area (Å²) in [5, 5.41) is 0. The third kappa shape index (κ3) is 9.54. The second-order valence-electron chi connectivity index (χ2n) is 9.86. The number of halogens is 1. The number of rotatable bonds is 15. The van der Waals surface area contributed by atoms with Gasteiger partial charge < -0.3 is 14.2 Å². The molecule has 0 amide bonds. The molecule has 0 fully saturated rings. The molecule has 0 bridgehead atoms. The maximum absolute atomic E-state index is 14.6. The van der Waals surface area contributed by atoms with Crippen LogP contribution in [0.1, 0.15) is 86.4 Å². The second-order valence-corrected chi connectivity index (χ2v) is 9.86. The number of unbranched alkanes of at least 4 members (excludes halogenated alkanes) is 5. The molecule has 3 aromatic carbocycles. The molecule has 6 heteroatoms. The van der Waals surface area contributed by atoms with Crippen molar-refractivity contribution in [3.05, 3.63) is 83.7 Å². The zero-order valence-electron chi connectivity index (χ0n) is 23.2. The Hall–Kier alpha value is -3.67. The van der Waals surface area contributed by atoms with E-state index in [0.29, 0.717) is 41.6 Å². The summed E-state index contributed by atoms with van der Waals surface area (Å²) in [4.78, 5) is 24.7. The van der Waals surface area contributed by atoms with Crippen LogP contribution >= 0.6 is 0 Å². The third-order valence-corrected chi connectivity index (χ3v) is 6.64. The van der Waals surface area contributed by atoms with Crippen LogP contribution in [0.3, 0.4) is 0 Å². The van der Waals surface area contributed by atoms with Crippen LogP contribution in [0.25, 0.3) is 11.1 Å². The van der Waals surface area contributed by atoms with E-state index in [1.54, 1.807) is 54.6 Å². The fourth-order valence-corrected chi connectivity index (χ4v) is 3.90. The van der Waals surface area contributed by atoms with Crippen LogP contribution in [-0.2, 0) is 4.74 Å². The van der Waals surface area contributed by atoms with Gasteiger partial charge in [-0.1, -0.05) is 77.5 Å². The van der Waals surface area contributed by atoms with Gasteiger partial charge in [0, 0.05) is 0 Å². The van der Waals surface area contributed by atoms with Gasteiger partial charge in [-0.25, -0.2) is 14.0 Å². The van der Waals surface area contributed by atoms with Gasteiger partial charge in [0.2, 0.25) is 0 Å². The maximum Gasteiger partial charge on any atom is 0.343 e. The van der Waals surface area contributed by atoms with Gasteiger partial charge in [0.15, 0.2) is 11.6 Å². The number of carbonyl (C=O) groups is 2. The highest BCUT2D eigenvalue weighted by molar-refractivity contribution is 5.92. The first-order valence-electron chi connectivity index (χ1n) is 13.9. The molecule has 3 aromatic rings. The minimum Gasteiger partial charge on any atom is -0.491 e. The van der Waals surface area contributed by atoms with Gasteiger partial charge >= 0.3 is 11.9 Å². The van der Waals surface area contributed by atoms with Crippen molar-refractivity contribution in [2.24, 2.45) is 5.92 Å². The monoisotopic (exact) mass is 534 g/mol. The van der Waals surface area contributed by atoms with Gasteiger partial charge in [0.1, 0.15) is 5.75 Å². The molecular formula is C33H39FO5. The van der Waals surface area contributed by atoms with Crippen LogP contribution in [0, 0.1) is 11.7 Å². The molecule has 0 aliphatic carbocycles. The van der Waals surface area contributed by atoms with Gasteiger partial charge in [-0.15, -0.1) is 0 Å². The van der Waals surface area contributed by atoms with E-state index in [9.17, 15) is 14.0 Å². The van der Waals surface area contributed by atoms with Gasteiger partial charge in [-0.3, -0.25) is 0 Å². The summed E-state index contributed by atoms with van der Waals surface area (Å²) in [5.41, 5.74) is 2.21. The predicted molar refractivity (Wildman–Crippen MR) is 152 cm³/mol. The van der Waals surface area contributed by atoms with Crippen molar-refractivity contribution in [1.82, 2.24) is 0 Å². The highest BCUT2D eigenvalue weighted by Crippen LogP contribution is 2.27. The molecule has 0 radical (unpaired) electrons. The van der Waals surface area contributed by atoms with Crippen molar-refractivity contribution in [2.75, 3.05) is 13.2 Å². The molecule has 3 rings (SSSR count). The Bertz CT molecular complexity index is 1190. The molecule has 0 saturated carbocycles. The van der Waals surface area contributed by atoms with Crippen LogP contribution in [0.15, 0.2) is 66.7 Å². The molecule has 0 N–H and O–H groups in total. The average molecular weight is 535 g/mol. The lowest BCUT2D eigenvalue weighted by Gasteiger charge is -2.10. The smallest absolute Gasteiger partial charge is 0.343 e. The largest absolute Gasteiger partial charge is 0.491 e. The normalized spacial score (nSPS) is 11.6. The molecule has 5 nitrogen and oxygen atoms in total. The molecule has 0 heterocycles. The fraction of sp³-hybridized carbons (Fsp3) is 0.394. The minimum absolute atomic E-state index is 0.252. The number of ether oxygens (including phenoxy) is 3. The lowest BCUT2D eigenvalue weighted by atomic mass is 10.0. The van der Waals surface area contributed by atoms with E-state index in [4.69, 9.17) is 14.2 Å². The van der Waals surface area contributed by atoms with Crippen molar-refractivity contribution in [3.8, 4) is 22.6 Å². The number of carbonyl (C=O) groups excluding carboxylic acids is 2. The third-order valence-electron chi connectivity index (χ3n) is 6.64. The van der Waals surface area contributed by atoms with Crippen molar-refractivity contribution in [1.29, 1.82) is 0 Å². The van der Waals surface area contributed by atoms with Crippen LogP contribution in [0.2, 0.25) is 0 Å². The number of benzene rings is 3. The SMILES string of the molecule is CCCCCCCCOc1ccc(-c2ccc(C(=O)Oc3ccc(C(=O)OCC(C)CC)cc3)cc2)cc1F. The summed E-state index contributed by atoms with van der Waals surface area (Å²) in [7, 11) is 0. The van der Waals surface area contributed by atoms with E-state index >= 15 is 0 Å². The summed E-state index contributed by atoms with van der Waals surface area (Å²) in [6.07, 6.45) is 7.83. The Morgan fingerprint density at radius 3 is 2.05 bits per heavy atom. The van der Waals surface area contributed by atoms with Crippen molar-refractivity contribution < 1.29 is 28.2 Å². The topological polar surface area (TPSA) is 61.8 Å². The van der Waals surface area contributed by atoms with Gasteiger partial charge in [0.05, 0.1) is 24.3 Å². The first-order chi connectivity index (χ1) is 18.9. The number of esters is 2. The molecule has 39 heavy (non-hydrogen) atoms. The molecule has 0 aliphatic rings. The Morgan fingerprint density at radius 2 is 1.38 bits per heavy atom. The van der Waals surface area contributed by atoms with Crippen molar-refractivity contribution in [2.45, 2.75) is 65.7 Å². The molecule has 1 unspecified atom stereocenters. The Balaban J connectivity index is 1.51. The quantitative estimate of drug-likeness (QED) is 0.111. The van der Waals surface area contributed by atoms with Crippen LogP contribution in [0.5, 0.6) is 11.5 Å². The van der Waals surface area contributed by atoms with Crippen LogP contribution < -0.4 is 9.47 Å². The first-order valence-corrected chi connectivity index (χ1v) is 13.9. The Morgan fingerprint density at radius 1 is 0.769 bits per heavy atom. The van der Waals surface area contributed by atoms with Crippen molar-refractivity contribution >= 4 is 11.9 Å². The Kier molecular flexibility index (Phi) is 12.0. The zero-order valence-corrected chi connectivity index (χ0v) is 23.2. The fourth-order valence-electron chi connectivity index (χ4n) is 3.90. The van der Waals surface area contributed by atoms with Crippen molar-refractivity contribution in [3.63, 3.8) is 0 Å². The van der Waals surface area contributed by atoms with E-state index in [0.717, 1.165) is 24.8 Å². The van der Waals surface area contributed by atoms with Gasteiger partial charge in [-0.2, -0.15) is 0 Å². The summed E-state index contributed by atoms with van der Waals surface area (Å²) in [5.74, 6) is -0.471. The standard InChI is InChI=1S/C33H39FO5/c1-4-6-7-8-9-10-21-37-31-20-17-28(22-30(31)34)25-11-13-27(14-12-25)33(36)39-29-18-15-26(16-19-29)32(35)38-23-24(3)5-2/h11-20,22,24H,4-10,21,23H2,1-3H3. The minimum atomic E-state index is -0.529. The molecule has 0 aliphatic heterocycles. The van der Waals surface area contributed by atoms with Gasteiger partial charge in [-0.05, 0) is 72.0 Å². The van der Waals surface area contributed by atoms with E-state index in [-0.39, 0.29) is 5.75 Å². The highest BCUT2D eigenvalue weighted by atomic mass is 19.1. The first kappa shape index (κ1) is 29.9. The molecular weight excluding hydrogens is 495 g/mol. The van der Waals surface area contributed by atoms with E-state index in [1.165, 1.54) is 31.7 Å².